The molecular formula is C22H27BrN2O4. The molecule has 0 aliphatic heterocycles. The second-order valence-electron chi connectivity index (χ2n) is 6.89. The first kappa shape index (κ1) is 22.7. The number of halogens is 1. The van der Waals surface area contributed by atoms with E-state index in [1.807, 2.05) is 43.3 Å². The van der Waals surface area contributed by atoms with Crippen molar-refractivity contribution in [1.82, 2.24) is 10.2 Å². The van der Waals surface area contributed by atoms with E-state index in [-0.39, 0.29) is 24.3 Å². The number of methoxy groups -OCH3 is 2. The van der Waals surface area contributed by atoms with Crippen LogP contribution >= 0.6 is 15.9 Å². The van der Waals surface area contributed by atoms with E-state index in [9.17, 15) is 9.59 Å². The van der Waals surface area contributed by atoms with Crippen LogP contribution in [0.1, 0.15) is 36.1 Å². The molecule has 2 aromatic rings. The first-order valence-electron chi connectivity index (χ1n) is 9.23. The normalized spacial score (nSPS) is 11.5. The molecule has 0 aromatic heterocycles. The SMILES string of the molecule is COc1cc(C)c(CN(C)C(=O)CC(NC(C)=O)c2ccc(Br)cc2)cc1OC. The van der Waals surface area contributed by atoms with Crippen molar-refractivity contribution in [1.29, 1.82) is 0 Å². The maximum absolute atomic E-state index is 12.9. The maximum atomic E-state index is 12.9. The number of amides is 2. The van der Waals surface area contributed by atoms with E-state index in [0.717, 1.165) is 21.2 Å². The molecule has 0 saturated heterocycles. The molecule has 0 bridgehead atoms. The summed E-state index contributed by atoms with van der Waals surface area (Å²) in [6.45, 7) is 3.85. The molecule has 2 rings (SSSR count). The third kappa shape index (κ3) is 6.22. The van der Waals surface area contributed by atoms with Crippen LogP contribution in [-0.4, -0.2) is 38.0 Å². The van der Waals surface area contributed by atoms with Gasteiger partial charge in [-0.2, -0.15) is 0 Å². The Morgan fingerprint density at radius 3 is 2.24 bits per heavy atom. The predicted octanol–water partition coefficient (Wildman–Crippen LogP) is 4.00. The molecule has 1 unspecified atom stereocenters. The van der Waals surface area contributed by atoms with Crippen molar-refractivity contribution in [3.63, 3.8) is 0 Å². The van der Waals surface area contributed by atoms with Crippen molar-refractivity contribution in [2.75, 3.05) is 21.3 Å². The fraction of sp³-hybridized carbons (Fsp3) is 0.364. The molecule has 0 radical (unpaired) electrons. The predicted molar refractivity (Wildman–Crippen MR) is 116 cm³/mol. The summed E-state index contributed by atoms with van der Waals surface area (Å²) >= 11 is 3.40. The summed E-state index contributed by atoms with van der Waals surface area (Å²) in [5, 5.41) is 2.87. The monoisotopic (exact) mass is 462 g/mol. The fourth-order valence-corrected chi connectivity index (χ4v) is 3.32. The van der Waals surface area contributed by atoms with Gasteiger partial charge in [-0.3, -0.25) is 9.59 Å². The Labute approximate surface area is 180 Å². The summed E-state index contributed by atoms with van der Waals surface area (Å²) in [6.07, 6.45) is 0.171. The van der Waals surface area contributed by atoms with Gasteiger partial charge in [0.15, 0.2) is 11.5 Å². The number of hydrogen-bond acceptors (Lipinski definition) is 4. The summed E-state index contributed by atoms with van der Waals surface area (Å²) in [5.41, 5.74) is 2.86. The van der Waals surface area contributed by atoms with Gasteiger partial charge in [0, 0.05) is 25.0 Å². The van der Waals surface area contributed by atoms with Crippen molar-refractivity contribution in [2.45, 2.75) is 32.9 Å². The number of hydrogen-bond donors (Lipinski definition) is 1. The number of aryl methyl sites for hydroxylation is 1. The molecule has 2 aromatic carbocycles. The second-order valence-corrected chi connectivity index (χ2v) is 7.81. The number of nitrogens with one attached hydrogen (secondary N) is 1. The van der Waals surface area contributed by atoms with Crippen LogP contribution in [0.2, 0.25) is 0 Å². The lowest BCUT2D eigenvalue weighted by atomic mass is 10.0. The molecule has 0 aliphatic rings. The molecule has 2 amide bonds. The van der Waals surface area contributed by atoms with Crippen LogP contribution in [0.25, 0.3) is 0 Å². The number of ether oxygens (including phenoxy) is 2. The summed E-state index contributed by atoms with van der Waals surface area (Å²) in [4.78, 5) is 26.2. The van der Waals surface area contributed by atoms with Crippen LogP contribution in [0.4, 0.5) is 0 Å². The number of carbonyl (C=O) groups excluding carboxylic acids is 2. The van der Waals surface area contributed by atoms with Gasteiger partial charge in [0.25, 0.3) is 0 Å². The van der Waals surface area contributed by atoms with Gasteiger partial charge in [-0.15, -0.1) is 0 Å². The molecule has 29 heavy (non-hydrogen) atoms. The third-order valence-electron chi connectivity index (χ3n) is 4.70. The Balaban J connectivity index is 2.15. The summed E-state index contributed by atoms with van der Waals surface area (Å²) < 4.78 is 11.6. The minimum Gasteiger partial charge on any atom is -0.493 e. The highest BCUT2D eigenvalue weighted by atomic mass is 79.9. The molecule has 7 heteroatoms. The van der Waals surface area contributed by atoms with Crippen molar-refractivity contribution < 1.29 is 19.1 Å². The quantitative estimate of drug-likeness (QED) is 0.643. The smallest absolute Gasteiger partial charge is 0.225 e. The minimum atomic E-state index is -0.387. The lowest BCUT2D eigenvalue weighted by molar-refractivity contribution is -0.131. The van der Waals surface area contributed by atoms with E-state index in [1.165, 1.54) is 6.92 Å². The van der Waals surface area contributed by atoms with Crippen LogP contribution in [0.15, 0.2) is 40.9 Å². The first-order valence-corrected chi connectivity index (χ1v) is 10.0. The van der Waals surface area contributed by atoms with Crippen molar-refractivity contribution in [3.8, 4) is 11.5 Å². The van der Waals surface area contributed by atoms with Gasteiger partial charge in [-0.05, 0) is 47.9 Å². The number of nitrogens with zero attached hydrogens (tertiary/aromatic N) is 1. The van der Waals surface area contributed by atoms with Gasteiger partial charge in [-0.25, -0.2) is 0 Å². The molecular weight excluding hydrogens is 436 g/mol. The van der Waals surface area contributed by atoms with Crippen molar-refractivity contribution in [2.24, 2.45) is 0 Å². The molecule has 6 nitrogen and oxygen atoms in total. The summed E-state index contributed by atoms with van der Waals surface area (Å²) in [5.74, 6) is 1.04. The van der Waals surface area contributed by atoms with Crippen LogP contribution < -0.4 is 14.8 Å². The molecule has 156 valence electrons. The van der Waals surface area contributed by atoms with E-state index in [4.69, 9.17) is 9.47 Å². The standard InChI is InChI=1S/C22H27BrN2O4/c1-14-10-20(28-4)21(29-5)11-17(14)13-25(3)22(27)12-19(24-15(2)26)16-6-8-18(23)9-7-16/h6-11,19H,12-13H2,1-5H3,(H,24,26). The lowest BCUT2D eigenvalue weighted by Gasteiger charge is -2.24. The van der Waals surface area contributed by atoms with Crippen LogP contribution in [-0.2, 0) is 16.1 Å². The Morgan fingerprint density at radius 2 is 1.69 bits per heavy atom. The average molecular weight is 463 g/mol. The minimum absolute atomic E-state index is 0.0687. The highest BCUT2D eigenvalue weighted by molar-refractivity contribution is 9.10. The zero-order valence-corrected chi connectivity index (χ0v) is 19.0. The second kappa shape index (κ2) is 10.3. The number of rotatable bonds is 8. The summed E-state index contributed by atoms with van der Waals surface area (Å²) in [7, 11) is 4.93. The van der Waals surface area contributed by atoms with Gasteiger partial charge < -0.3 is 19.7 Å². The van der Waals surface area contributed by atoms with E-state index < -0.39 is 0 Å². The summed E-state index contributed by atoms with van der Waals surface area (Å²) in [6, 6.07) is 11.0. The highest BCUT2D eigenvalue weighted by Gasteiger charge is 2.20. The number of benzene rings is 2. The van der Waals surface area contributed by atoms with Gasteiger partial charge in [0.05, 0.1) is 26.7 Å². The zero-order chi connectivity index (χ0) is 21.6. The first-order chi connectivity index (χ1) is 13.7. The van der Waals surface area contributed by atoms with Gasteiger partial charge in [0.1, 0.15) is 0 Å². The van der Waals surface area contributed by atoms with E-state index in [0.29, 0.717) is 18.0 Å². The van der Waals surface area contributed by atoms with Gasteiger partial charge in [-0.1, -0.05) is 28.1 Å². The van der Waals surface area contributed by atoms with E-state index in [2.05, 4.69) is 21.2 Å². The molecule has 1 N–H and O–H groups in total. The molecule has 0 spiro atoms. The topological polar surface area (TPSA) is 67.9 Å². The van der Waals surface area contributed by atoms with E-state index in [1.54, 1.807) is 26.2 Å². The van der Waals surface area contributed by atoms with Gasteiger partial charge in [0.2, 0.25) is 11.8 Å². The number of carbonyl (C=O) groups is 2. The molecule has 1 atom stereocenters. The van der Waals surface area contributed by atoms with Crippen LogP contribution in [0.3, 0.4) is 0 Å². The molecule has 0 saturated carbocycles. The van der Waals surface area contributed by atoms with Crippen LogP contribution in [0, 0.1) is 6.92 Å². The molecule has 0 fully saturated rings. The fourth-order valence-electron chi connectivity index (χ4n) is 3.06. The Bertz CT molecular complexity index is 868. The highest BCUT2D eigenvalue weighted by Crippen LogP contribution is 2.31. The van der Waals surface area contributed by atoms with E-state index >= 15 is 0 Å². The maximum Gasteiger partial charge on any atom is 0.225 e. The zero-order valence-electron chi connectivity index (χ0n) is 17.4. The van der Waals surface area contributed by atoms with Crippen molar-refractivity contribution >= 4 is 27.7 Å². The third-order valence-corrected chi connectivity index (χ3v) is 5.23. The Morgan fingerprint density at radius 1 is 1.10 bits per heavy atom. The van der Waals surface area contributed by atoms with Gasteiger partial charge >= 0.3 is 0 Å². The molecule has 0 heterocycles. The average Bonchev–Trinajstić information content (AvgIpc) is 2.68. The molecule has 0 aliphatic carbocycles. The van der Waals surface area contributed by atoms with Crippen LogP contribution in [0.5, 0.6) is 11.5 Å². The largest absolute Gasteiger partial charge is 0.493 e. The lowest BCUT2D eigenvalue weighted by Crippen LogP contribution is -2.33. The van der Waals surface area contributed by atoms with Crippen molar-refractivity contribution in [3.05, 3.63) is 57.6 Å². The Hall–Kier alpha value is -2.54. The Kier molecular flexibility index (Phi) is 8.08.